The van der Waals surface area contributed by atoms with Crippen LogP contribution in [0.1, 0.15) is 78.6 Å². The number of esters is 3. The summed E-state index contributed by atoms with van der Waals surface area (Å²) in [7, 11) is 0. The fourth-order valence-corrected chi connectivity index (χ4v) is 9.75. The topological polar surface area (TPSA) is 108 Å². The first kappa shape index (κ1) is 23.5. The molecule has 0 amide bonds. The predicted octanol–water partition coefficient (Wildman–Crippen LogP) is 3.20. The fraction of sp³-hybridized carbons (Fsp3) is 0.815. The first-order chi connectivity index (χ1) is 16.5. The van der Waals surface area contributed by atoms with Gasteiger partial charge < -0.3 is 24.1 Å². The molecule has 0 unspecified atom stereocenters. The minimum Gasteiger partial charge on any atom is -0.462 e. The molecule has 35 heavy (non-hydrogen) atoms. The number of aliphatic hydroxyl groups is 1. The van der Waals surface area contributed by atoms with E-state index in [0.717, 1.165) is 31.3 Å². The zero-order valence-corrected chi connectivity index (χ0v) is 20.8. The van der Waals surface area contributed by atoms with Crippen LogP contribution in [0.5, 0.6) is 0 Å². The number of hydrogen-bond acceptors (Lipinski definition) is 8. The van der Waals surface area contributed by atoms with Crippen LogP contribution in [0, 0.1) is 28.6 Å². The predicted molar refractivity (Wildman–Crippen MR) is 121 cm³/mol. The second-order valence-electron chi connectivity index (χ2n) is 12.2. The summed E-state index contributed by atoms with van der Waals surface area (Å²) in [5, 5.41) is 12.2. The number of hydrogen-bond donors (Lipinski definition) is 1. The third-order valence-electron chi connectivity index (χ3n) is 10.8. The minimum absolute atomic E-state index is 0.0486. The number of carbonyl (C=O) groups is 3. The molecule has 6 aliphatic rings. The molecule has 1 spiro atoms. The van der Waals surface area contributed by atoms with Gasteiger partial charge in [0.1, 0.15) is 12.7 Å². The number of rotatable bonds is 3. The standard InChI is InChI=1S/C27H36O8/c1-15(28)33-18-6-9-26-21-7-8-24(3)19(17-12-22(30)32-14-17)4-5-20(24)27(21,11-10-25(26,31)13-18)35-23(26)34-16(2)29/h12,18-21,23,31H,4-11,13-14H2,1-3H3/t18-,19+,20+,21+,23-,24+,25-,26+,27+/m0/s1. The van der Waals surface area contributed by atoms with E-state index < -0.39 is 28.9 Å². The van der Waals surface area contributed by atoms with Gasteiger partial charge in [-0.3, -0.25) is 9.59 Å². The van der Waals surface area contributed by atoms with Crippen LogP contribution >= 0.6 is 0 Å². The largest absolute Gasteiger partial charge is 0.462 e. The Morgan fingerprint density at radius 1 is 1.00 bits per heavy atom. The second kappa shape index (κ2) is 7.54. The number of cyclic esters (lactones) is 1. The van der Waals surface area contributed by atoms with E-state index in [0.29, 0.717) is 38.7 Å². The monoisotopic (exact) mass is 488 g/mol. The lowest BCUT2D eigenvalue weighted by molar-refractivity contribution is -0.243. The summed E-state index contributed by atoms with van der Waals surface area (Å²) in [5.41, 5.74) is -1.28. The Morgan fingerprint density at radius 3 is 2.46 bits per heavy atom. The van der Waals surface area contributed by atoms with E-state index in [1.54, 1.807) is 6.08 Å². The molecule has 1 N–H and O–H groups in total. The molecule has 8 nitrogen and oxygen atoms in total. The molecule has 2 bridgehead atoms. The first-order valence-electron chi connectivity index (χ1n) is 13.2. The van der Waals surface area contributed by atoms with E-state index in [-0.39, 0.29) is 41.2 Å². The van der Waals surface area contributed by atoms with Gasteiger partial charge in [-0.1, -0.05) is 6.92 Å². The Bertz CT molecular complexity index is 1010. The highest BCUT2D eigenvalue weighted by Crippen LogP contribution is 2.76. The quantitative estimate of drug-likeness (QED) is 0.477. The van der Waals surface area contributed by atoms with Crippen molar-refractivity contribution in [1.82, 2.24) is 0 Å². The molecule has 1 saturated heterocycles. The van der Waals surface area contributed by atoms with Crippen molar-refractivity contribution in [3.05, 3.63) is 11.6 Å². The van der Waals surface area contributed by atoms with Crippen LogP contribution in [-0.2, 0) is 33.3 Å². The molecule has 192 valence electrons. The van der Waals surface area contributed by atoms with E-state index >= 15 is 0 Å². The Labute approximate surface area is 205 Å². The molecule has 0 radical (unpaired) electrons. The van der Waals surface area contributed by atoms with Gasteiger partial charge >= 0.3 is 17.9 Å². The van der Waals surface area contributed by atoms with Crippen LogP contribution in [-0.4, -0.2) is 53.2 Å². The maximum Gasteiger partial charge on any atom is 0.331 e. The van der Waals surface area contributed by atoms with Crippen LogP contribution in [0.4, 0.5) is 0 Å². The van der Waals surface area contributed by atoms with Crippen LogP contribution < -0.4 is 0 Å². The second-order valence-corrected chi connectivity index (χ2v) is 12.2. The lowest BCUT2D eigenvalue weighted by Crippen LogP contribution is -2.67. The van der Waals surface area contributed by atoms with Crippen LogP contribution in [0.25, 0.3) is 0 Å². The average Bonchev–Trinajstić information content (AvgIpc) is 3.40. The minimum atomic E-state index is -1.13. The molecule has 0 aromatic heterocycles. The van der Waals surface area contributed by atoms with Gasteiger partial charge in [0.2, 0.25) is 6.29 Å². The van der Waals surface area contributed by atoms with Crippen LogP contribution in [0.15, 0.2) is 11.6 Å². The van der Waals surface area contributed by atoms with Crippen molar-refractivity contribution in [1.29, 1.82) is 0 Å². The summed E-state index contributed by atoms with van der Waals surface area (Å²) < 4.78 is 23.6. The molecular formula is C27H36O8. The maximum absolute atomic E-state index is 12.2. The van der Waals surface area contributed by atoms with E-state index in [4.69, 9.17) is 18.9 Å². The molecule has 5 fully saturated rings. The van der Waals surface area contributed by atoms with Gasteiger partial charge in [0.25, 0.3) is 0 Å². The third kappa shape index (κ3) is 3.02. The van der Waals surface area contributed by atoms with Crippen molar-refractivity contribution in [2.24, 2.45) is 28.6 Å². The highest BCUT2D eigenvalue weighted by atomic mass is 16.7. The Balaban J connectivity index is 1.39. The Morgan fingerprint density at radius 2 is 1.77 bits per heavy atom. The van der Waals surface area contributed by atoms with E-state index in [9.17, 15) is 19.5 Å². The summed E-state index contributed by atoms with van der Waals surface area (Å²) in [4.78, 5) is 35.7. The average molecular weight is 489 g/mol. The highest BCUT2D eigenvalue weighted by molar-refractivity contribution is 5.85. The molecule has 2 aliphatic heterocycles. The zero-order chi connectivity index (χ0) is 24.8. The smallest absolute Gasteiger partial charge is 0.331 e. The molecule has 4 saturated carbocycles. The molecule has 0 aromatic rings. The van der Waals surface area contributed by atoms with Gasteiger partial charge in [0, 0.05) is 32.3 Å². The normalized spacial score (nSPS) is 49.9. The lowest BCUT2D eigenvalue weighted by Gasteiger charge is -2.63. The number of carbonyl (C=O) groups excluding carboxylic acids is 3. The van der Waals surface area contributed by atoms with E-state index in [2.05, 4.69) is 6.92 Å². The maximum atomic E-state index is 12.2. The molecule has 0 aromatic carbocycles. The Kier molecular flexibility index (Phi) is 5.06. The molecule has 8 heteroatoms. The van der Waals surface area contributed by atoms with Crippen molar-refractivity contribution in [2.75, 3.05) is 6.61 Å². The van der Waals surface area contributed by atoms with Gasteiger partial charge in [-0.25, -0.2) is 4.79 Å². The van der Waals surface area contributed by atoms with Crippen molar-refractivity contribution in [3.63, 3.8) is 0 Å². The third-order valence-corrected chi connectivity index (χ3v) is 10.8. The first-order valence-corrected chi connectivity index (χ1v) is 13.2. The summed E-state index contributed by atoms with van der Waals surface area (Å²) >= 11 is 0. The lowest BCUT2D eigenvalue weighted by atomic mass is 9.42. The van der Waals surface area contributed by atoms with Crippen LogP contribution in [0.3, 0.4) is 0 Å². The number of ether oxygens (including phenoxy) is 4. The van der Waals surface area contributed by atoms with Crippen molar-refractivity contribution in [3.8, 4) is 0 Å². The van der Waals surface area contributed by atoms with Crippen LogP contribution in [0.2, 0.25) is 0 Å². The number of fused-ring (bicyclic) bond motifs is 1. The van der Waals surface area contributed by atoms with Crippen molar-refractivity contribution >= 4 is 17.9 Å². The summed E-state index contributed by atoms with van der Waals surface area (Å²) in [6.45, 7) is 5.50. The SMILES string of the molecule is CC(=O)O[C@H]1CC[C@@]23[C@@H](OC(C)=O)O[C@]4(CC[C@]2(O)C1)[C@@H]1CC[C@H](C2=CC(=O)OC2)[C@@]1(C)CC[C@@H]43. The van der Waals surface area contributed by atoms with Gasteiger partial charge in [-0.2, -0.15) is 0 Å². The Hall–Kier alpha value is -1.93. The van der Waals surface area contributed by atoms with Gasteiger partial charge in [-0.05, 0) is 74.2 Å². The van der Waals surface area contributed by atoms with Gasteiger partial charge in [-0.15, -0.1) is 0 Å². The van der Waals surface area contributed by atoms with E-state index in [1.807, 2.05) is 0 Å². The fourth-order valence-electron chi connectivity index (χ4n) is 9.75. The molecule has 6 rings (SSSR count). The molecule has 9 atom stereocenters. The molecule has 2 heterocycles. The zero-order valence-electron chi connectivity index (χ0n) is 20.8. The van der Waals surface area contributed by atoms with Crippen molar-refractivity contribution < 1.29 is 38.4 Å². The summed E-state index contributed by atoms with van der Waals surface area (Å²) in [6.07, 6.45) is 7.06. The molecule has 4 aliphatic carbocycles. The molecular weight excluding hydrogens is 452 g/mol. The van der Waals surface area contributed by atoms with E-state index in [1.165, 1.54) is 13.8 Å². The van der Waals surface area contributed by atoms with Gasteiger partial charge in [0.15, 0.2) is 0 Å². The summed E-state index contributed by atoms with van der Waals surface area (Å²) in [5.74, 6) is -0.437. The van der Waals surface area contributed by atoms with Gasteiger partial charge in [0.05, 0.1) is 16.6 Å². The highest BCUT2D eigenvalue weighted by Gasteiger charge is 2.80. The van der Waals surface area contributed by atoms with Crippen molar-refractivity contribution in [2.45, 2.75) is 102 Å². The summed E-state index contributed by atoms with van der Waals surface area (Å²) in [6, 6.07) is 0.